The van der Waals surface area contributed by atoms with Crippen LogP contribution in [0.15, 0.2) is 60.9 Å². The Morgan fingerprint density at radius 3 is 1.67 bits per heavy atom. The van der Waals surface area contributed by atoms with Gasteiger partial charge in [-0.25, -0.2) is 4.98 Å². The predicted molar refractivity (Wildman–Crippen MR) is 96.6 cm³/mol. The van der Waals surface area contributed by atoms with Gasteiger partial charge in [-0.3, -0.25) is 9.97 Å². The molecule has 0 aliphatic carbocycles. The molecule has 0 atom stereocenters. The summed E-state index contributed by atoms with van der Waals surface area (Å²) in [5.41, 5.74) is 3.08. The number of aromatic nitrogens is 3. The Bertz CT molecular complexity index is 673. The number of nitrogens with zero attached hydrogens (tertiary/aromatic N) is 3. The van der Waals surface area contributed by atoms with E-state index in [1.165, 1.54) is 0 Å². The average molecular weight is 541 g/mol. The molecule has 0 unspecified atom stereocenters. The maximum Gasteiger partial charge on any atom is 0.0909 e. The largest absolute Gasteiger partial charge is 0.396 e. The molecule has 0 saturated carbocycles. The standard InChI is InChI=1S/C15H10ClN3.C2H6OS.Pt/c16-11-9-14(12-5-1-3-7-17-12)19-15(10-11)13-6-2-4-8-18-13;3-1-2-4;/h1-10H;3-4H,1-2H2;. The monoisotopic (exact) mass is 540 g/mol. The van der Waals surface area contributed by atoms with Crippen LogP contribution < -0.4 is 0 Å². The first kappa shape index (κ1) is 20.8. The summed E-state index contributed by atoms with van der Waals surface area (Å²) in [6.07, 6.45) is 3.47. The van der Waals surface area contributed by atoms with Crippen LogP contribution in [0.5, 0.6) is 0 Å². The number of thiol groups is 1. The fraction of sp³-hybridized carbons (Fsp3) is 0.118. The molecular weight excluding hydrogens is 525 g/mol. The van der Waals surface area contributed by atoms with Crippen LogP contribution in [0.3, 0.4) is 0 Å². The van der Waals surface area contributed by atoms with Crippen LogP contribution in [0.4, 0.5) is 0 Å². The number of hydrogen-bond acceptors (Lipinski definition) is 5. The summed E-state index contributed by atoms with van der Waals surface area (Å²) < 4.78 is 0. The van der Waals surface area contributed by atoms with E-state index in [2.05, 4.69) is 27.6 Å². The van der Waals surface area contributed by atoms with Crippen LogP contribution >= 0.6 is 24.2 Å². The second-order valence-corrected chi connectivity index (χ2v) is 5.32. The van der Waals surface area contributed by atoms with Gasteiger partial charge in [-0.05, 0) is 36.4 Å². The van der Waals surface area contributed by atoms with Gasteiger partial charge in [0.2, 0.25) is 0 Å². The number of aliphatic hydroxyl groups excluding tert-OH is 1. The first-order valence-corrected chi connectivity index (χ1v) is 7.97. The van der Waals surface area contributed by atoms with Gasteiger partial charge in [-0.2, -0.15) is 12.6 Å². The van der Waals surface area contributed by atoms with Gasteiger partial charge >= 0.3 is 0 Å². The molecule has 3 heterocycles. The zero-order valence-corrected chi connectivity index (χ0v) is 16.5. The van der Waals surface area contributed by atoms with Crippen LogP contribution in [0.25, 0.3) is 22.8 Å². The first-order chi connectivity index (χ1) is 11.2. The molecule has 0 amide bonds. The minimum atomic E-state index is 0. The Morgan fingerprint density at radius 2 is 1.33 bits per heavy atom. The number of hydrogen-bond donors (Lipinski definition) is 2. The molecule has 0 fully saturated rings. The Morgan fingerprint density at radius 1 is 0.875 bits per heavy atom. The number of rotatable bonds is 3. The van der Waals surface area contributed by atoms with E-state index in [1.807, 2.05) is 36.4 Å². The van der Waals surface area contributed by atoms with E-state index in [9.17, 15) is 0 Å². The number of pyridine rings is 3. The van der Waals surface area contributed by atoms with E-state index in [0.717, 1.165) is 22.8 Å². The summed E-state index contributed by atoms with van der Waals surface area (Å²) in [4.78, 5) is 13.1. The number of halogens is 1. The summed E-state index contributed by atoms with van der Waals surface area (Å²) >= 11 is 9.82. The van der Waals surface area contributed by atoms with Crippen molar-refractivity contribution >= 4 is 24.2 Å². The van der Waals surface area contributed by atoms with Crippen molar-refractivity contribution in [2.75, 3.05) is 12.4 Å². The third kappa shape index (κ3) is 6.33. The molecule has 128 valence electrons. The van der Waals surface area contributed by atoms with Crippen molar-refractivity contribution in [3.63, 3.8) is 0 Å². The minimum absolute atomic E-state index is 0. The van der Waals surface area contributed by atoms with Crippen LogP contribution in [-0.2, 0) is 21.1 Å². The molecule has 0 aliphatic heterocycles. The SMILES string of the molecule is Clc1cc(-c2ccccn2)nc(-c2ccccn2)c1.OCCS.[Pt]. The van der Waals surface area contributed by atoms with Crippen LogP contribution in [0, 0.1) is 0 Å². The third-order valence-corrected chi connectivity index (χ3v) is 3.16. The summed E-state index contributed by atoms with van der Waals surface area (Å²) in [5.74, 6) is 0.569. The zero-order valence-electron chi connectivity index (χ0n) is 12.6. The molecule has 3 aromatic rings. The molecule has 0 bridgehead atoms. The second kappa shape index (κ2) is 11.3. The van der Waals surface area contributed by atoms with Gasteiger partial charge in [0, 0.05) is 44.2 Å². The normalized spacial score (nSPS) is 9.46. The van der Waals surface area contributed by atoms with Crippen molar-refractivity contribution in [3.05, 3.63) is 65.9 Å². The Labute approximate surface area is 166 Å². The van der Waals surface area contributed by atoms with Gasteiger partial charge < -0.3 is 5.11 Å². The van der Waals surface area contributed by atoms with Crippen molar-refractivity contribution in [1.82, 2.24) is 15.0 Å². The van der Waals surface area contributed by atoms with Gasteiger partial charge in [0.25, 0.3) is 0 Å². The van der Waals surface area contributed by atoms with E-state index in [-0.39, 0.29) is 27.7 Å². The van der Waals surface area contributed by atoms with E-state index >= 15 is 0 Å². The number of aliphatic hydroxyl groups is 1. The molecule has 24 heavy (non-hydrogen) atoms. The molecular formula is C17H16ClN3OPtS. The van der Waals surface area contributed by atoms with Crippen LogP contribution in [0.1, 0.15) is 0 Å². The van der Waals surface area contributed by atoms with Crippen LogP contribution in [-0.4, -0.2) is 32.4 Å². The first-order valence-electron chi connectivity index (χ1n) is 6.96. The van der Waals surface area contributed by atoms with Crippen LogP contribution in [0.2, 0.25) is 5.02 Å². The van der Waals surface area contributed by atoms with Gasteiger partial charge in [-0.15, -0.1) is 0 Å². The predicted octanol–water partition coefficient (Wildman–Crippen LogP) is 3.77. The fourth-order valence-electron chi connectivity index (χ4n) is 1.79. The van der Waals surface area contributed by atoms with Crippen molar-refractivity contribution in [2.45, 2.75) is 0 Å². The van der Waals surface area contributed by atoms with Crippen molar-refractivity contribution in [3.8, 4) is 22.8 Å². The average Bonchev–Trinajstić information content (AvgIpc) is 2.63. The fourth-order valence-corrected chi connectivity index (χ4v) is 1.99. The Kier molecular flexibility index (Phi) is 9.80. The van der Waals surface area contributed by atoms with Gasteiger partial charge in [-0.1, -0.05) is 23.7 Å². The van der Waals surface area contributed by atoms with E-state index in [1.54, 1.807) is 24.5 Å². The quantitative estimate of drug-likeness (QED) is 0.497. The molecule has 3 aromatic heterocycles. The summed E-state index contributed by atoms with van der Waals surface area (Å²) in [7, 11) is 0. The van der Waals surface area contributed by atoms with Gasteiger partial charge in [0.1, 0.15) is 0 Å². The molecule has 0 spiro atoms. The maximum atomic E-state index is 7.80. The molecule has 0 radical (unpaired) electrons. The van der Waals surface area contributed by atoms with Gasteiger partial charge in [0.15, 0.2) is 0 Å². The smallest absolute Gasteiger partial charge is 0.0909 e. The molecule has 3 rings (SSSR count). The molecule has 7 heteroatoms. The topological polar surface area (TPSA) is 58.9 Å². The molecule has 0 saturated heterocycles. The molecule has 0 aromatic carbocycles. The summed E-state index contributed by atoms with van der Waals surface area (Å²) in [5, 5.41) is 8.42. The van der Waals surface area contributed by atoms with E-state index in [0.29, 0.717) is 10.8 Å². The minimum Gasteiger partial charge on any atom is -0.396 e. The van der Waals surface area contributed by atoms with Crippen molar-refractivity contribution < 1.29 is 26.2 Å². The van der Waals surface area contributed by atoms with Crippen molar-refractivity contribution in [2.24, 2.45) is 0 Å². The van der Waals surface area contributed by atoms with Crippen molar-refractivity contribution in [1.29, 1.82) is 0 Å². The molecule has 4 nitrogen and oxygen atoms in total. The summed E-state index contributed by atoms with van der Waals surface area (Å²) in [6.45, 7) is 0.184. The van der Waals surface area contributed by atoms with E-state index < -0.39 is 0 Å². The van der Waals surface area contributed by atoms with Gasteiger partial charge in [0.05, 0.1) is 29.4 Å². The molecule has 0 aliphatic rings. The Balaban J connectivity index is 0.000000522. The Hall–Kier alpha value is -1.26. The second-order valence-electron chi connectivity index (χ2n) is 4.43. The molecule has 1 N–H and O–H groups in total. The third-order valence-electron chi connectivity index (χ3n) is 2.74. The summed E-state index contributed by atoms with van der Waals surface area (Å²) in [6, 6.07) is 15.0. The van der Waals surface area contributed by atoms with E-state index in [4.69, 9.17) is 16.7 Å². The maximum absolute atomic E-state index is 7.80. The zero-order chi connectivity index (χ0) is 16.5.